The normalized spacial score (nSPS) is 16.9. The molecule has 0 bridgehead atoms. The number of nitrogens with zero attached hydrogens (tertiary/aromatic N) is 3. The monoisotopic (exact) mass is 259 g/mol. The number of likely N-dealkylation sites (N-methyl/N-ethyl adjacent to an activating group) is 2. The number of carbonyl (C=O) groups excluding carboxylic acids is 1. The van der Waals surface area contributed by atoms with Crippen molar-refractivity contribution in [1.29, 1.82) is 0 Å². The zero-order valence-corrected chi connectivity index (χ0v) is 12.6. The van der Waals surface area contributed by atoms with Crippen molar-refractivity contribution in [3.8, 4) is 0 Å². The Balaban J connectivity index is 0.00000137. The summed E-state index contributed by atoms with van der Waals surface area (Å²) in [5.74, 6) is 0.0263. The Morgan fingerprint density at radius 1 is 1.17 bits per heavy atom. The van der Waals surface area contributed by atoms with Crippen LogP contribution in [0.3, 0.4) is 0 Å². The second-order valence-electron chi connectivity index (χ2n) is 4.49. The van der Waals surface area contributed by atoms with Gasteiger partial charge < -0.3 is 14.5 Å². The molecule has 1 aliphatic rings. The summed E-state index contributed by atoms with van der Waals surface area (Å²) in [6.45, 7) is 10.2. The van der Waals surface area contributed by atoms with E-state index in [4.69, 9.17) is 4.74 Å². The zero-order chi connectivity index (χ0) is 14.0. The van der Waals surface area contributed by atoms with Gasteiger partial charge in [-0.3, -0.25) is 9.69 Å². The van der Waals surface area contributed by atoms with E-state index in [1.54, 1.807) is 19.0 Å². The molecule has 1 saturated heterocycles. The molecule has 0 atom stereocenters. The number of carbonyl (C=O) groups is 1. The Morgan fingerprint density at radius 2 is 1.72 bits per heavy atom. The molecule has 1 fully saturated rings. The smallest absolute Gasteiger partial charge is 0.248 e. The number of piperazine rings is 1. The minimum absolute atomic E-state index is 0.0263. The molecule has 1 heterocycles. The largest absolute Gasteiger partial charge is 0.370 e. The molecule has 0 unspecified atom stereocenters. The van der Waals surface area contributed by atoms with Gasteiger partial charge in [0, 0.05) is 46.8 Å². The molecule has 0 aromatic rings. The van der Waals surface area contributed by atoms with E-state index in [0.717, 1.165) is 32.7 Å². The lowest BCUT2D eigenvalue weighted by atomic mass is 10.3. The van der Waals surface area contributed by atoms with Crippen molar-refractivity contribution in [2.45, 2.75) is 13.8 Å². The first-order valence-electron chi connectivity index (χ1n) is 6.78. The zero-order valence-electron chi connectivity index (χ0n) is 12.6. The van der Waals surface area contributed by atoms with Crippen molar-refractivity contribution >= 4 is 5.91 Å². The van der Waals surface area contributed by atoms with Gasteiger partial charge in [0.15, 0.2) is 0 Å². The molecule has 0 aliphatic carbocycles. The van der Waals surface area contributed by atoms with Crippen LogP contribution in [0.4, 0.5) is 0 Å². The first-order chi connectivity index (χ1) is 8.59. The summed E-state index contributed by atoms with van der Waals surface area (Å²) in [7, 11) is 5.63. The summed E-state index contributed by atoms with van der Waals surface area (Å²) in [5, 5.41) is 0. The van der Waals surface area contributed by atoms with E-state index in [1.807, 2.05) is 13.8 Å². The Kier molecular flexibility index (Phi) is 9.92. The standard InChI is InChI=1S/C11H23N3O2.C2H6/c1-12(2)11(15)10-16-9-8-14-6-4-13(3)5-7-14;1-2/h4-10H2,1-3H3;1-2H3. The molecule has 1 rings (SSSR count). The molecule has 0 aromatic heterocycles. The van der Waals surface area contributed by atoms with Gasteiger partial charge in [-0.25, -0.2) is 0 Å². The number of hydrogen-bond donors (Lipinski definition) is 0. The highest BCUT2D eigenvalue weighted by Gasteiger charge is 2.13. The van der Waals surface area contributed by atoms with Crippen LogP contribution < -0.4 is 0 Å². The highest BCUT2D eigenvalue weighted by molar-refractivity contribution is 5.76. The summed E-state index contributed by atoms with van der Waals surface area (Å²) in [6, 6.07) is 0. The molecular weight excluding hydrogens is 230 g/mol. The predicted molar refractivity (Wildman–Crippen MR) is 74.8 cm³/mol. The van der Waals surface area contributed by atoms with Gasteiger partial charge in [-0.15, -0.1) is 0 Å². The quantitative estimate of drug-likeness (QED) is 0.668. The molecule has 108 valence electrons. The molecule has 0 radical (unpaired) electrons. The molecule has 0 N–H and O–H groups in total. The number of hydrogen-bond acceptors (Lipinski definition) is 4. The van der Waals surface area contributed by atoms with E-state index in [-0.39, 0.29) is 12.5 Å². The van der Waals surface area contributed by atoms with E-state index < -0.39 is 0 Å². The Hall–Kier alpha value is -0.650. The number of amides is 1. The van der Waals surface area contributed by atoms with Crippen LogP contribution in [-0.4, -0.2) is 87.7 Å². The van der Waals surface area contributed by atoms with E-state index in [9.17, 15) is 4.79 Å². The third-order valence-electron chi connectivity index (χ3n) is 2.87. The fourth-order valence-corrected chi connectivity index (χ4v) is 1.55. The van der Waals surface area contributed by atoms with E-state index in [0.29, 0.717) is 6.61 Å². The van der Waals surface area contributed by atoms with Crippen LogP contribution >= 0.6 is 0 Å². The van der Waals surface area contributed by atoms with Crippen LogP contribution in [0.15, 0.2) is 0 Å². The molecule has 1 amide bonds. The summed E-state index contributed by atoms with van der Waals surface area (Å²) >= 11 is 0. The van der Waals surface area contributed by atoms with Gasteiger partial charge in [0.05, 0.1) is 6.61 Å². The van der Waals surface area contributed by atoms with Crippen molar-refractivity contribution in [2.75, 3.05) is 67.1 Å². The third-order valence-corrected chi connectivity index (χ3v) is 2.87. The molecule has 0 saturated carbocycles. The first-order valence-corrected chi connectivity index (χ1v) is 6.78. The first kappa shape index (κ1) is 17.4. The van der Waals surface area contributed by atoms with Crippen molar-refractivity contribution in [1.82, 2.24) is 14.7 Å². The topological polar surface area (TPSA) is 36.0 Å². The van der Waals surface area contributed by atoms with Gasteiger partial charge in [0.1, 0.15) is 6.61 Å². The molecule has 5 heteroatoms. The Bertz CT molecular complexity index is 214. The fraction of sp³-hybridized carbons (Fsp3) is 0.923. The highest BCUT2D eigenvalue weighted by Crippen LogP contribution is 1.98. The highest BCUT2D eigenvalue weighted by atomic mass is 16.5. The maximum Gasteiger partial charge on any atom is 0.248 e. The summed E-state index contributed by atoms with van der Waals surface area (Å²) in [4.78, 5) is 17.5. The predicted octanol–water partition coefficient (Wildman–Crippen LogP) is 0.365. The summed E-state index contributed by atoms with van der Waals surface area (Å²) in [5.41, 5.74) is 0. The van der Waals surface area contributed by atoms with Crippen LogP contribution in [0.5, 0.6) is 0 Å². The van der Waals surface area contributed by atoms with E-state index in [1.165, 1.54) is 0 Å². The lowest BCUT2D eigenvalue weighted by molar-refractivity contribution is -0.133. The SMILES string of the molecule is CC.CN1CCN(CCOCC(=O)N(C)C)CC1. The Labute approximate surface area is 112 Å². The molecular formula is C13H29N3O2. The van der Waals surface area contributed by atoms with Crippen LogP contribution in [0, 0.1) is 0 Å². The minimum atomic E-state index is 0.0263. The van der Waals surface area contributed by atoms with Crippen molar-refractivity contribution in [3.63, 3.8) is 0 Å². The van der Waals surface area contributed by atoms with Crippen LogP contribution in [0.25, 0.3) is 0 Å². The van der Waals surface area contributed by atoms with E-state index in [2.05, 4.69) is 16.8 Å². The summed E-state index contributed by atoms with van der Waals surface area (Å²) in [6.07, 6.45) is 0. The van der Waals surface area contributed by atoms with Gasteiger partial charge in [-0.1, -0.05) is 13.8 Å². The fourth-order valence-electron chi connectivity index (χ4n) is 1.55. The lowest BCUT2D eigenvalue weighted by Gasteiger charge is -2.32. The molecule has 5 nitrogen and oxygen atoms in total. The van der Waals surface area contributed by atoms with Crippen molar-refractivity contribution in [2.24, 2.45) is 0 Å². The second-order valence-corrected chi connectivity index (χ2v) is 4.49. The van der Waals surface area contributed by atoms with Crippen molar-refractivity contribution < 1.29 is 9.53 Å². The van der Waals surface area contributed by atoms with Gasteiger partial charge in [0.2, 0.25) is 5.91 Å². The van der Waals surface area contributed by atoms with Crippen LogP contribution in [0.1, 0.15) is 13.8 Å². The van der Waals surface area contributed by atoms with Crippen LogP contribution in [-0.2, 0) is 9.53 Å². The van der Waals surface area contributed by atoms with Gasteiger partial charge >= 0.3 is 0 Å². The van der Waals surface area contributed by atoms with Crippen molar-refractivity contribution in [3.05, 3.63) is 0 Å². The number of ether oxygens (including phenoxy) is 1. The second kappa shape index (κ2) is 10.3. The van der Waals surface area contributed by atoms with Crippen LogP contribution in [0.2, 0.25) is 0 Å². The molecule has 1 aliphatic heterocycles. The molecule has 0 spiro atoms. The molecule has 18 heavy (non-hydrogen) atoms. The maximum absolute atomic E-state index is 11.2. The average Bonchev–Trinajstić information content (AvgIpc) is 2.38. The van der Waals surface area contributed by atoms with Gasteiger partial charge in [0.25, 0.3) is 0 Å². The Morgan fingerprint density at radius 3 is 2.22 bits per heavy atom. The molecule has 0 aromatic carbocycles. The number of rotatable bonds is 5. The summed E-state index contributed by atoms with van der Waals surface area (Å²) < 4.78 is 5.34. The maximum atomic E-state index is 11.2. The van der Waals surface area contributed by atoms with Gasteiger partial charge in [-0.2, -0.15) is 0 Å². The van der Waals surface area contributed by atoms with Gasteiger partial charge in [-0.05, 0) is 7.05 Å². The third kappa shape index (κ3) is 7.63. The van der Waals surface area contributed by atoms with E-state index >= 15 is 0 Å². The lowest BCUT2D eigenvalue weighted by Crippen LogP contribution is -2.45. The average molecular weight is 259 g/mol. The minimum Gasteiger partial charge on any atom is -0.370 e.